The Hall–Kier alpha value is -5.92. The molecule has 1 saturated heterocycles. The summed E-state index contributed by atoms with van der Waals surface area (Å²) in [4.78, 5) is 73.3. The van der Waals surface area contributed by atoms with Crippen molar-refractivity contribution in [2.24, 2.45) is 10.8 Å². The third-order valence-electron chi connectivity index (χ3n) is 10.8. The van der Waals surface area contributed by atoms with Crippen LogP contribution in [0.3, 0.4) is 0 Å². The topological polar surface area (TPSA) is 175 Å². The van der Waals surface area contributed by atoms with Gasteiger partial charge in [0.2, 0.25) is 11.8 Å². The third kappa shape index (κ3) is 10.9. The summed E-state index contributed by atoms with van der Waals surface area (Å²) in [6.07, 6.45) is 7.81. The van der Waals surface area contributed by atoms with Crippen molar-refractivity contribution in [3.8, 4) is 33.6 Å². The predicted molar refractivity (Wildman–Crippen MR) is 240 cm³/mol. The van der Waals surface area contributed by atoms with Gasteiger partial charge in [-0.25, -0.2) is 19.6 Å². The van der Waals surface area contributed by atoms with Crippen molar-refractivity contribution in [3.63, 3.8) is 0 Å². The second kappa shape index (κ2) is 17.5. The van der Waals surface area contributed by atoms with Crippen LogP contribution in [0, 0.1) is 10.8 Å². The van der Waals surface area contributed by atoms with Gasteiger partial charge in [-0.1, -0.05) is 102 Å². The lowest BCUT2D eigenvalue weighted by Crippen LogP contribution is -2.55. The number of nitrogens with one attached hydrogen (secondary N) is 4. The van der Waals surface area contributed by atoms with E-state index in [2.05, 4.69) is 62.0 Å². The van der Waals surface area contributed by atoms with E-state index in [0.29, 0.717) is 24.7 Å². The molecule has 14 heteroatoms. The molecule has 0 bridgehead atoms. The fourth-order valence-electron chi connectivity index (χ4n) is 7.75. The molecule has 6 rings (SSSR count). The number of hydrogen-bond acceptors (Lipinski definition) is 8. The standard InChI is InChI=1S/C48H64N8O6/c1-45(2,3)37(53-43(59)61-47(7,8)9)41(57)55-25-13-15-35(55)39-49-27-33(51-39)31-21-17-29(18-22-31)30-19-23-32(24-20-30)34-28-50-40(52-34)36-16-14-26-56(36)42(58)38(46(4,5)6)54-44(60)62-48(10,11)12/h13,15,17-24,27-28,35-38H,14,16,25-26H2,1-12H3,(H,49,51)(H,50,52)(H,53,59)(H,54,60)/t35-,36-,37+,38?/m0/s1. The molecule has 4 N–H and O–H groups in total. The third-order valence-corrected chi connectivity index (χ3v) is 10.8. The van der Waals surface area contributed by atoms with E-state index in [9.17, 15) is 19.2 Å². The maximum Gasteiger partial charge on any atom is 0.408 e. The molecule has 14 nitrogen and oxygen atoms in total. The lowest BCUT2D eigenvalue weighted by molar-refractivity contribution is -0.137. The zero-order valence-electron chi connectivity index (χ0n) is 38.3. The van der Waals surface area contributed by atoms with E-state index < -0.39 is 52.3 Å². The molecule has 2 aromatic carbocycles. The fourth-order valence-corrected chi connectivity index (χ4v) is 7.75. The molecule has 4 aromatic rings. The predicted octanol–water partition coefficient (Wildman–Crippen LogP) is 9.12. The molecular weight excluding hydrogens is 785 g/mol. The highest BCUT2D eigenvalue weighted by Gasteiger charge is 2.42. The Bertz CT molecular complexity index is 2260. The molecule has 1 fully saturated rings. The molecule has 0 saturated carbocycles. The largest absolute Gasteiger partial charge is 0.444 e. The first-order chi connectivity index (χ1) is 28.9. The molecule has 1 unspecified atom stereocenters. The summed E-state index contributed by atoms with van der Waals surface area (Å²) in [6.45, 7) is 23.3. The number of carbonyl (C=O) groups excluding carboxylic acids is 4. The zero-order valence-corrected chi connectivity index (χ0v) is 38.3. The van der Waals surface area contributed by atoms with Gasteiger partial charge in [0.15, 0.2) is 0 Å². The van der Waals surface area contributed by atoms with Gasteiger partial charge in [-0.05, 0) is 87.5 Å². The fraction of sp³-hybridized carbons (Fsp3) is 0.500. The van der Waals surface area contributed by atoms with Gasteiger partial charge in [-0.2, -0.15) is 0 Å². The van der Waals surface area contributed by atoms with Crippen molar-refractivity contribution in [2.75, 3.05) is 13.1 Å². The summed E-state index contributed by atoms with van der Waals surface area (Å²) in [5, 5.41) is 5.66. The minimum atomic E-state index is -0.808. The van der Waals surface area contributed by atoms with Gasteiger partial charge in [-0.3, -0.25) is 9.59 Å². The van der Waals surface area contributed by atoms with Crippen molar-refractivity contribution < 1.29 is 28.7 Å². The van der Waals surface area contributed by atoms with Crippen LogP contribution in [0.4, 0.5) is 9.59 Å². The normalized spacial score (nSPS) is 18.1. The number of rotatable bonds is 9. The zero-order chi connectivity index (χ0) is 45.4. The first kappa shape index (κ1) is 45.6. The molecule has 332 valence electrons. The summed E-state index contributed by atoms with van der Waals surface area (Å²) in [5.74, 6) is 0.972. The average molecular weight is 849 g/mol. The number of hydrogen-bond donors (Lipinski definition) is 4. The van der Waals surface area contributed by atoms with E-state index in [4.69, 9.17) is 14.5 Å². The first-order valence-electron chi connectivity index (χ1n) is 21.5. The maximum atomic E-state index is 14.0. The molecule has 0 spiro atoms. The van der Waals surface area contributed by atoms with E-state index >= 15 is 0 Å². The lowest BCUT2D eigenvalue weighted by Gasteiger charge is -2.35. The molecule has 2 aliphatic heterocycles. The van der Waals surface area contributed by atoms with Gasteiger partial charge in [0.05, 0.1) is 29.8 Å². The Labute approximate surface area is 365 Å². The van der Waals surface area contributed by atoms with Crippen LogP contribution in [0.15, 0.2) is 73.1 Å². The quantitative estimate of drug-likeness (QED) is 0.121. The van der Waals surface area contributed by atoms with Gasteiger partial charge < -0.3 is 39.9 Å². The van der Waals surface area contributed by atoms with Crippen LogP contribution >= 0.6 is 0 Å². The molecule has 0 radical (unpaired) electrons. The van der Waals surface area contributed by atoms with Crippen LogP contribution in [-0.2, 0) is 19.1 Å². The summed E-state index contributed by atoms with van der Waals surface area (Å²) in [5.41, 5.74) is 3.18. The number of aromatic amines is 2. The average Bonchev–Trinajstić information content (AvgIpc) is 4.00. The molecular formula is C48H64N8O6. The molecule has 0 aliphatic carbocycles. The van der Waals surface area contributed by atoms with Gasteiger partial charge in [0.25, 0.3) is 0 Å². The van der Waals surface area contributed by atoms with Crippen LogP contribution in [-0.4, -0.2) is 90.1 Å². The summed E-state index contributed by atoms with van der Waals surface area (Å²) in [6, 6.07) is 14.2. The Kier molecular flexibility index (Phi) is 12.8. The van der Waals surface area contributed by atoms with Gasteiger partial charge in [0.1, 0.15) is 41.0 Å². The minimum absolute atomic E-state index is 0.155. The van der Waals surface area contributed by atoms with E-state index in [1.54, 1.807) is 58.8 Å². The smallest absolute Gasteiger partial charge is 0.408 e. The Morgan fingerprint density at radius 2 is 1.05 bits per heavy atom. The minimum Gasteiger partial charge on any atom is -0.444 e. The summed E-state index contributed by atoms with van der Waals surface area (Å²) in [7, 11) is 0. The first-order valence-corrected chi connectivity index (χ1v) is 21.5. The number of H-pyrrole nitrogens is 2. The molecule has 4 atom stereocenters. The molecule has 4 amide bonds. The summed E-state index contributed by atoms with van der Waals surface area (Å²) < 4.78 is 11.0. The second-order valence-electron chi connectivity index (χ2n) is 20.5. The van der Waals surface area contributed by atoms with Crippen molar-refractivity contribution in [1.29, 1.82) is 0 Å². The maximum absolute atomic E-state index is 14.0. The Morgan fingerprint density at radius 1 is 0.629 bits per heavy atom. The number of aromatic nitrogens is 4. The molecule has 2 aromatic heterocycles. The number of imidazole rings is 2. The van der Waals surface area contributed by atoms with Crippen LogP contribution in [0.5, 0.6) is 0 Å². The molecule has 2 aliphatic rings. The van der Waals surface area contributed by atoms with E-state index in [1.807, 2.05) is 70.7 Å². The van der Waals surface area contributed by atoms with E-state index in [0.717, 1.165) is 46.5 Å². The van der Waals surface area contributed by atoms with Crippen molar-refractivity contribution in [2.45, 2.75) is 131 Å². The number of amides is 4. The van der Waals surface area contributed by atoms with Crippen LogP contribution in [0.1, 0.15) is 120 Å². The highest BCUT2D eigenvalue weighted by Crippen LogP contribution is 2.36. The highest BCUT2D eigenvalue weighted by atomic mass is 16.6. The monoisotopic (exact) mass is 848 g/mol. The van der Waals surface area contributed by atoms with Crippen molar-refractivity contribution in [3.05, 3.63) is 84.7 Å². The van der Waals surface area contributed by atoms with Gasteiger partial charge in [0, 0.05) is 13.1 Å². The van der Waals surface area contributed by atoms with Crippen LogP contribution < -0.4 is 10.6 Å². The van der Waals surface area contributed by atoms with Gasteiger partial charge >= 0.3 is 12.2 Å². The van der Waals surface area contributed by atoms with Crippen molar-refractivity contribution in [1.82, 2.24) is 40.4 Å². The van der Waals surface area contributed by atoms with E-state index in [-0.39, 0.29) is 17.9 Å². The summed E-state index contributed by atoms with van der Waals surface area (Å²) >= 11 is 0. The number of alkyl carbamates (subject to hydrolysis) is 2. The van der Waals surface area contributed by atoms with Crippen LogP contribution in [0.2, 0.25) is 0 Å². The Morgan fingerprint density at radius 3 is 1.50 bits per heavy atom. The van der Waals surface area contributed by atoms with Gasteiger partial charge in [-0.15, -0.1) is 0 Å². The lowest BCUT2D eigenvalue weighted by atomic mass is 9.85. The SMILES string of the molecule is CC(C)(C)OC(=O)NC(C(=O)N1CCC[C@H]1c1ncc(-c2ccc(-c3ccc(-c4cnc([C@@H]5C=CCN5C(=O)[C@@H](NC(=O)OC(C)(C)C)C(C)(C)C)[nH]4)cc3)cc2)[nH]1)C(C)(C)C. The van der Waals surface area contributed by atoms with E-state index in [1.165, 1.54) is 0 Å². The highest BCUT2D eigenvalue weighted by molar-refractivity contribution is 5.88. The molecule has 4 heterocycles. The Balaban J connectivity index is 1.10. The second-order valence-corrected chi connectivity index (χ2v) is 20.5. The van der Waals surface area contributed by atoms with Crippen LogP contribution in [0.25, 0.3) is 33.6 Å². The number of carbonyl (C=O) groups is 4. The van der Waals surface area contributed by atoms with Crippen molar-refractivity contribution >= 4 is 24.0 Å². The number of likely N-dealkylation sites (tertiary alicyclic amines) is 1. The number of ether oxygens (including phenoxy) is 2. The number of benzene rings is 2. The number of nitrogens with zero attached hydrogens (tertiary/aromatic N) is 4. The molecule has 62 heavy (non-hydrogen) atoms.